The number of halogens is 1. The summed E-state index contributed by atoms with van der Waals surface area (Å²) in [7, 11) is 2.10. The number of aromatic nitrogens is 3. The Morgan fingerprint density at radius 3 is 2.92 bits per heavy atom. The number of fused-ring (bicyclic) bond motifs is 1. The Balaban J connectivity index is 1.49. The Kier molecular flexibility index (Phi) is 4.75. The Bertz CT molecular complexity index is 886. The van der Waals surface area contributed by atoms with Crippen molar-refractivity contribution in [3.05, 3.63) is 60.2 Å². The topological polar surface area (TPSA) is 45.2 Å². The van der Waals surface area contributed by atoms with Crippen molar-refractivity contribution >= 4 is 16.7 Å². The van der Waals surface area contributed by atoms with E-state index in [1.165, 1.54) is 6.07 Å². The van der Waals surface area contributed by atoms with E-state index < -0.39 is 0 Å². The smallest absolute Gasteiger partial charge is 0.151 e. The average Bonchev–Trinajstić information content (AvgIpc) is 3.13. The summed E-state index contributed by atoms with van der Waals surface area (Å²) in [4.78, 5) is 9.01. The molecule has 1 unspecified atom stereocenters. The van der Waals surface area contributed by atoms with Crippen LogP contribution in [-0.4, -0.2) is 46.3 Å². The minimum Gasteiger partial charge on any atom is -0.351 e. The maximum Gasteiger partial charge on any atom is 0.151 e. The van der Waals surface area contributed by atoms with Crippen LogP contribution in [0.1, 0.15) is 18.4 Å². The second kappa shape index (κ2) is 7.33. The maximum atomic E-state index is 14.0. The quantitative estimate of drug-likeness (QED) is 0.706. The first-order chi connectivity index (χ1) is 12.7. The van der Waals surface area contributed by atoms with Crippen LogP contribution in [0.2, 0.25) is 0 Å². The molecule has 2 aromatic heterocycles. The minimum atomic E-state index is -0.218. The molecule has 0 N–H and O–H groups in total. The number of pyridine rings is 1. The molecule has 5 nitrogen and oxygen atoms in total. The summed E-state index contributed by atoms with van der Waals surface area (Å²) in [5, 5.41) is 8.85. The highest BCUT2D eigenvalue weighted by Crippen LogP contribution is 2.25. The molecule has 1 saturated heterocycles. The van der Waals surface area contributed by atoms with Crippen molar-refractivity contribution in [1.82, 2.24) is 20.1 Å². The molecular formula is C20H22FN5. The zero-order valence-corrected chi connectivity index (χ0v) is 14.8. The SMILES string of the molecule is CN(Cc1ccc(F)c2cccnc12)CC1CCCN1c1cccnn1. The van der Waals surface area contributed by atoms with E-state index in [9.17, 15) is 4.39 Å². The van der Waals surface area contributed by atoms with E-state index >= 15 is 0 Å². The summed E-state index contributed by atoms with van der Waals surface area (Å²) in [6, 6.07) is 11.3. The minimum absolute atomic E-state index is 0.218. The summed E-state index contributed by atoms with van der Waals surface area (Å²) in [5.74, 6) is 0.724. The van der Waals surface area contributed by atoms with Crippen LogP contribution in [0.3, 0.4) is 0 Å². The second-order valence-corrected chi connectivity index (χ2v) is 6.87. The Hall–Kier alpha value is -2.60. The van der Waals surface area contributed by atoms with Crippen LogP contribution >= 0.6 is 0 Å². The first kappa shape index (κ1) is 16.8. The molecule has 1 aromatic carbocycles. The summed E-state index contributed by atoms with van der Waals surface area (Å²) >= 11 is 0. The van der Waals surface area contributed by atoms with Crippen molar-refractivity contribution in [2.45, 2.75) is 25.4 Å². The standard InChI is InChI=1S/C20H22FN5/c1-25(13-15-8-9-18(21)17-6-2-10-22-20(15)17)14-16-5-4-12-26(16)19-7-3-11-23-24-19/h2-3,6-11,16H,4-5,12-14H2,1H3. The number of anilines is 1. The normalized spacial score (nSPS) is 17.3. The first-order valence-corrected chi connectivity index (χ1v) is 8.97. The third-order valence-corrected chi connectivity index (χ3v) is 4.99. The van der Waals surface area contributed by atoms with Gasteiger partial charge in [-0.1, -0.05) is 6.07 Å². The lowest BCUT2D eigenvalue weighted by Crippen LogP contribution is -2.39. The molecule has 0 saturated carbocycles. The molecule has 134 valence electrons. The molecular weight excluding hydrogens is 329 g/mol. The van der Waals surface area contributed by atoms with E-state index in [2.05, 4.69) is 32.0 Å². The zero-order valence-electron chi connectivity index (χ0n) is 14.8. The fourth-order valence-corrected chi connectivity index (χ4v) is 3.81. The van der Waals surface area contributed by atoms with Gasteiger partial charge in [0, 0.05) is 43.5 Å². The van der Waals surface area contributed by atoms with Crippen molar-refractivity contribution in [3.8, 4) is 0 Å². The van der Waals surface area contributed by atoms with Gasteiger partial charge in [-0.2, -0.15) is 5.10 Å². The van der Waals surface area contributed by atoms with E-state index in [4.69, 9.17) is 0 Å². The maximum absolute atomic E-state index is 14.0. The fourth-order valence-electron chi connectivity index (χ4n) is 3.81. The molecule has 1 aliphatic rings. The van der Waals surface area contributed by atoms with Crippen molar-refractivity contribution in [1.29, 1.82) is 0 Å². The van der Waals surface area contributed by atoms with Crippen LogP contribution in [0.4, 0.5) is 10.2 Å². The Morgan fingerprint density at radius 2 is 2.08 bits per heavy atom. The molecule has 0 aliphatic carbocycles. The Morgan fingerprint density at radius 1 is 1.19 bits per heavy atom. The highest BCUT2D eigenvalue weighted by atomic mass is 19.1. The molecule has 1 fully saturated rings. The largest absolute Gasteiger partial charge is 0.351 e. The van der Waals surface area contributed by atoms with E-state index in [1.54, 1.807) is 24.5 Å². The van der Waals surface area contributed by atoms with Gasteiger partial charge in [0.2, 0.25) is 0 Å². The van der Waals surface area contributed by atoms with Gasteiger partial charge in [0.05, 0.1) is 5.52 Å². The number of likely N-dealkylation sites (N-methyl/N-ethyl adjacent to an activating group) is 1. The van der Waals surface area contributed by atoms with Gasteiger partial charge in [-0.3, -0.25) is 9.88 Å². The fraction of sp³-hybridized carbons (Fsp3) is 0.350. The van der Waals surface area contributed by atoms with Gasteiger partial charge >= 0.3 is 0 Å². The van der Waals surface area contributed by atoms with Crippen molar-refractivity contribution < 1.29 is 4.39 Å². The van der Waals surface area contributed by atoms with Gasteiger partial charge in [-0.15, -0.1) is 5.10 Å². The van der Waals surface area contributed by atoms with E-state index in [0.717, 1.165) is 49.4 Å². The van der Waals surface area contributed by atoms with Crippen LogP contribution in [0.25, 0.3) is 10.9 Å². The highest BCUT2D eigenvalue weighted by Gasteiger charge is 2.27. The molecule has 6 heteroatoms. The number of benzene rings is 1. The van der Waals surface area contributed by atoms with Crippen LogP contribution in [0, 0.1) is 5.82 Å². The summed E-state index contributed by atoms with van der Waals surface area (Å²) in [5.41, 5.74) is 1.80. The van der Waals surface area contributed by atoms with Crippen LogP contribution < -0.4 is 4.90 Å². The molecule has 0 radical (unpaired) electrons. The van der Waals surface area contributed by atoms with E-state index in [0.29, 0.717) is 11.4 Å². The zero-order chi connectivity index (χ0) is 17.9. The van der Waals surface area contributed by atoms with E-state index in [1.807, 2.05) is 18.2 Å². The monoisotopic (exact) mass is 351 g/mol. The third kappa shape index (κ3) is 3.37. The number of hydrogen-bond donors (Lipinski definition) is 0. The van der Waals surface area contributed by atoms with Gasteiger partial charge < -0.3 is 4.90 Å². The van der Waals surface area contributed by atoms with Gasteiger partial charge in [0.1, 0.15) is 5.82 Å². The van der Waals surface area contributed by atoms with Gasteiger partial charge in [0.25, 0.3) is 0 Å². The Labute approximate surface area is 152 Å². The van der Waals surface area contributed by atoms with Crippen LogP contribution in [0.5, 0.6) is 0 Å². The van der Waals surface area contributed by atoms with Gasteiger partial charge in [-0.25, -0.2) is 4.39 Å². The molecule has 3 heterocycles. The molecule has 0 bridgehead atoms. The summed E-state index contributed by atoms with van der Waals surface area (Å²) in [6.45, 7) is 2.67. The number of nitrogens with zero attached hydrogens (tertiary/aromatic N) is 5. The highest BCUT2D eigenvalue weighted by molar-refractivity contribution is 5.82. The van der Waals surface area contributed by atoms with Crippen molar-refractivity contribution in [2.24, 2.45) is 0 Å². The predicted molar refractivity (Wildman–Crippen MR) is 100 cm³/mol. The van der Waals surface area contributed by atoms with E-state index in [-0.39, 0.29) is 5.82 Å². The van der Waals surface area contributed by atoms with Gasteiger partial charge in [-0.05, 0) is 55.8 Å². The first-order valence-electron chi connectivity index (χ1n) is 8.97. The number of rotatable bonds is 5. The molecule has 1 aliphatic heterocycles. The predicted octanol–water partition coefficient (Wildman–Crippen LogP) is 3.26. The number of hydrogen-bond acceptors (Lipinski definition) is 5. The molecule has 0 spiro atoms. The average molecular weight is 351 g/mol. The van der Waals surface area contributed by atoms with Crippen LogP contribution in [-0.2, 0) is 6.54 Å². The van der Waals surface area contributed by atoms with Crippen molar-refractivity contribution in [3.63, 3.8) is 0 Å². The second-order valence-electron chi connectivity index (χ2n) is 6.87. The third-order valence-electron chi connectivity index (χ3n) is 4.99. The van der Waals surface area contributed by atoms with Gasteiger partial charge in [0.15, 0.2) is 5.82 Å². The molecule has 26 heavy (non-hydrogen) atoms. The molecule has 0 amide bonds. The lowest BCUT2D eigenvalue weighted by Gasteiger charge is -2.29. The summed E-state index contributed by atoms with van der Waals surface area (Å²) < 4.78 is 14.0. The lowest BCUT2D eigenvalue weighted by molar-refractivity contribution is 0.303. The molecule has 3 aromatic rings. The lowest BCUT2D eigenvalue weighted by atomic mass is 10.1. The molecule has 4 rings (SSSR count). The summed E-state index contributed by atoms with van der Waals surface area (Å²) in [6.07, 6.45) is 5.73. The van der Waals surface area contributed by atoms with Crippen LogP contribution in [0.15, 0.2) is 48.8 Å². The molecule has 1 atom stereocenters. The van der Waals surface area contributed by atoms with Crippen molar-refractivity contribution in [2.75, 3.05) is 25.0 Å².